The van der Waals surface area contributed by atoms with Crippen molar-refractivity contribution in [3.8, 4) is 0 Å². The third-order valence-corrected chi connectivity index (χ3v) is 4.19. The molecule has 0 aliphatic carbocycles. The minimum atomic E-state index is 0.273. The maximum absolute atomic E-state index is 12.1. The molecule has 2 aliphatic heterocycles. The van der Waals surface area contributed by atoms with Crippen LogP contribution in [0.25, 0.3) is 0 Å². The van der Waals surface area contributed by atoms with Gasteiger partial charge in [0.2, 0.25) is 5.91 Å². The van der Waals surface area contributed by atoms with Gasteiger partial charge in [0.25, 0.3) is 0 Å². The molecule has 2 heterocycles. The highest BCUT2D eigenvalue weighted by atomic mass is 16.2. The molecule has 1 fully saturated rings. The van der Waals surface area contributed by atoms with Crippen molar-refractivity contribution in [2.75, 3.05) is 29.4 Å². The lowest BCUT2D eigenvalue weighted by atomic mass is 10.1. The van der Waals surface area contributed by atoms with Crippen molar-refractivity contribution < 1.29 is 4.79 Å². The van der Waals surface area contributed by atoms with E-state index in [9.17, 15) is 4.79 Å². The molecule has 3 rings (SSSR count). The van der Waals surface area contributed by atoms with Gasteiger partial charge in [0.05, 0.1) is 0 Å². The van der Waals surface area contributed by atoms with E-state index in [0.29, 0.717) is 6.42 Å². The Hall–Kier alpha value is -1.51. The largest absolute Gasteiger partial charge is 0.372 e. The molecule has 3 heteroatoms. The van der Waals surface area contributed by atoms with Crippen molar-refractivity contribution in [2.45, 2.75) is 39.0 Å². The van der Waals surface area contributed by atoms with E-state index < -0.39 is 0 Å². The quantitative estimate of drug-likeness (QED) is 0.832. The molecule has 2 aliphatic rings. The van der Waals surface area contributed by atoms with Gasteiger partial charge in [-0.3, -0.25) is 4.79 Å². The van der Waals surface area contributed by atoms with E-state index in [0.717, 1.165) is 25.1 Å². The number of carbonyl (C=O) groups excluding carboxylic acids is 1. The molecule has 0 saturated carbocycles. The summed E-state index contributed by atoms with van der Waals surface area (Å²) in [5, 5.41) is 0. The van der Waals surface area contributed by atoms with E-state index in [1.165, 1.54) is 37.2 Å². The van der Waals surface area contributed by atoms with Crippen LogP contribution in [0.15, 0.2) is 18.2 Å². The Labute approximate surface area is 115 Å². The van der Waals surface area contributed by atoms with Crippen LogP contribution in [0.4, 0.5) is 11.4 Å². The first-order valence-corrected chi connectivity index (χ1v) is 7.48. The fourth-order valence-corrected chi connectivity index (χ4v) is 3.17. The van der Waals surface area contributed by atoms with Gasteiger partial charge in [0, 0.05) is 37.4 Å². The predicted octanol–water partition coefficient (Wildman–Crippen LogP) is 2.98. The summed E-state index contributed by atoms with van der Waals surface area (Å²) in [6, 6.07) is 6.62. The molecule has 0 aromatic heterocycles. The zero-order valence-electron chi connectivity index (χ0n) is 11.7. The van der Waals surface area contributed by atoms with Crippen LogP contribution in [0.2, 0.25) is 0 Å². The van der Waals surface area contributed by atoms with Crippen LogP contribution in [-0.2, 0) is 11.2 Å². The Morgan fingerprint density at radius 1 is 1.21 bits per heavy atom. The molecule has 0 atom stereocenters. The van der Waals surface area contributed by atoms with Crippen LogP contribution in [0.1, 0.15) is 38.2 Å². The molecule has 0 bridgehead atoms. The fraction of sp³-hybridized carbons (Fsp3) is 0.562. The van der Waals surface area contributed by atoms with Gasteiger partial charge in [-0.1, -0.05) is 6.92 Å². The van der Waals surface area contributed by atoms with E-state index in [4.69, 9.17) is 0 Å². The van der Waals surface area contributed by atoms with Crippen molar-refractivity contribution in [2.24, 2.45) is 0 Å². The van der Waals surface area contributed by atoms with Crippen molar-refractivity contribution >= 4 is 17.3 Å². The van der Waals surface area contributed by atoms with Gasteiger partial charge >= 0.3 is 0 Å². The Kier molecular flexibility index (Phi) is 3.45. The third-order valence-electron chi connectivity index (χ3n) is 4.19. The summed E-state index contributed by atoms with van der Waals surface area (Å²) in [5.41, 5.74) is 3.82. The SMILES string of the molecule is CCCC(=O)N1CCc2cc(N3CCCC3)ccc21. The first kappa shape index (κ1) is 12.5. The Bertz CT molecular complexity index is 478. The lowest BCUT2D eigenvalue weighted by molar-refractivity contribution is -0.118. The number of anilines is 2. The van der Waals surface area contributed by atoms with E-state index in [1.807, 2.05) is 4.90 Å². The molecule has 0 spiro atoms. The third kappa shape index (κ3) is 2.34. The Morgan fingerprint density at radius 2 is 2.00 bits per heavy atom. The molecule has 0 N–H and O–H groups in total. The zero-order valence-corrected chi connectivity index (χ0v) is 11.7. The number of amides is 1. The van der Waals surface area contributed by atoms with E-state index in [2.05, 4.69) is 30.0 Å². The summed E-state index contributed by atoms with van der Waals surface area (Å²) < 4.78 is 0. The fourth-order valence-electron chi connectivity index (χ4n) is 3.17. The smallest absolute Gasteiger partial charge is 0.226 e. The van der Waals surface area contributed by atoms with Crippen LogP contribution in [0.5, 0.6) is 0 Å². The number of nitrogens with zero attached hydrogens (tertiary/aromatic N) is 2. The molecular weight excluding hydrogens is 236 g/mol. The molecule has 0 unspecified atom stereocenters. The molecule has 0 radical (unpaired) electrons. The van der Waals surface area contributed by atoms with Gasteiger partial charge in [-0.05, 0) is 49.4 Å². The van der Waals surface area contributed by atoms with Crippen LogP contribution >= 0.6 is 0 Å². The van der Waals surface area contributed by atoms with Crippen molar-refractivity contribution in [3.05, 3.63) is 23.8 Å². The maximum Gasteiger partial charge on any atom is 0.226 e. The van der Waals surface area contributed by atoms with E-state index >= 15 is 0 Å². The summed E-state index contributed by atoms with van der Waals surface area (Å²) in [6.07, 6.45) is 5.20. The van der Waals surface area contributed by atoms with Crippen molar-refractivity contribution in [1.29, 1.82) is 0 Å². The lowest BCUT2D eigenvalue weighted by Crippen LogP contribution is -2.28. The first-order chi connectivity index (χ1) is 9.29. The topological polar surface area (TPSA) is 23.6 Å². The molecule has 1 amide bonds. The Balaban J connectivity index is 1.81. The molecule has 1 aromatic carbocycles. The van der Waals surface area contributed by atoms with Gasteiger partial charge in [-0.15, -0.1) is 0 Å². The number of fused-ring (bicyclic) bond motifs is 1. The maximum atomic E-state index is 12.1. The molecule has 1 aromatic rings. The van der Waals surface area contributed by atoms with E-state index in [-0.39, 0.29) is 5.91 Å². The van der Waals surface area contributed by atoms with Crippen LogP contribution in [0.3, 0.4) is 0 Å². The van der Waals surface area contributed by atoms with Crippen molar-refractivity contribution in [3.63, 3.8) is 0 Å². The second-order valence-corrected chi connectivity index (χ2v) is 5.55. The van der Waals surface area contributed by atoms with Gasteiger partial charge in [0.15, 0.2) is 0 Å². The molecule has 1 saturated heterocycles. The predicted molar refractivity (Wildman–Crippen MR) is 78.9 cm³/mol. The van der Waals surface area contributed by atoms with Crippen LogP contribution in [-0.4, -0.2) is 25.5 Å². The number of hydrogen-bond donors (Lipinski definition) is 0. The summed E-state index contributed by atoms with van der Waals surface area (Å²) in [4.78, 5) is 16.5. The average molecular weight is 258 g/mol. The number of benzene rings is 1. The van der Waals surface area contributed by atoms with Crippen LogP contribution in [0, 0.1) is 0 Å². The molecule has 19 heavy (non-hydrogen) atoms. The molecular formula is C16H22N2O. The standard InChI is InChI=1S/C16H22N2O/c1-2-5-16(19)18-11-8-13-12-14(6-7-15(13)18)17-9-3-4-10-17/h6-7,12H,2-5,8-11H2,1H3. The first-order valence-electron chi connectivity index (χ1n) is 7.48. The summed E-state index contributed by atoms with van der Waals surface area (Å²) in [5.74, 6) is 0.273. The highest BCUT2D eigenvalue weighted by Gasteiger charge is 2.25. The molecule has 102 valence electrons. The van der Waals surface area contributed by atoms with Gasteiger partial charge < -0.3 is 9.80 Å². The lowest BCUT2D eigenvalue weighted by Gasteiger charge is -2.20. The number of rotatable bonds is 3. The number of hydrogen-bond acceptors (Lipinski definition) is 2. The number of carbonyl (C=O) groups is 1. The summed E-state index contributed by atoms with van der Waals surface area (Å²) in [6.45, 7) is 5.28. The highest BCUT2D eigenvalue weighted by molar-refractivity contribution is 5.95. The van der Waals surface area contributed by atoms with E-state index in [1.54, 1.807) is 0 Å². The highest BCUT2D eigenvalue weighted by Crippen LogP contribution is 2.33. The van der Waals surface area contributed by atoms with Crippen LogP contribution < -0.4 is 9.80 Å². The second-order valence-electron chi connectivity index (χ2n) is 5.55. The summed E-state index contributed by atoms with van der Waals surface area (Å²) in [7, 11) is 0. The second kappa shape index (κ2) is 5.24. The van der Waals surface area contributed by atoms with Crippen molar-refractivity contribution in [1.82, 2.24) is 0 Å². The Morgan fingerprint density at radius 3 is 2.74 bits per heavy atom. The molecule has 3 nitrogen and oxygen atoms in total. The zero-order chi connectivity index (χ0) is 13.2. The monoisotopic (exact) mass is 258 g/mol. The van der Waals surface area contributed by atoms with Gasteiger partial charge in [-0.25, -0.2) is 0 Å². The van der Waals surface area contributed by atoms with Gasteiger partial charge in [0.1, 0.15) is 0 Å². The average Bonchev–Trinajstić information content (AvgIpc) is 3.07. The normalized spacial score (nSPS) is 17.9. The summed E-state index contributed by atoms with van der Waals surface area (Å²) >= 11 is 0. The minimum Gasteiger partial charge on any atom is -0.372 e. The minimum absolute atomic E-state index is 0.273. The van der Waals surface area contributed by atoms with Gasteiger partial charge in [-0.2, -0.15) is 0 Å².